The van der Waals surface area contributed by atoms with Crippen molar-refractivity contribution in [3.05, 3.63) is 12.4 Å². The second-order valence-electron chi connectivity index (χ2n) is 3.21. The van der Waals surface area contributed by atoms with Crippen LogP contribution in [0.3, 0.4) is 0 Å². The number of cyclic esters (lactones) is 1. The Morgan fingerprint density at radius 2 is 2.47 bits per heavy atom. The highest BCUT2D eigenvalue weighted by Crippen LogP contribution is 2.25. The number of nitrogens with one attached hydrogen (secondary N) is 1. The Kier molecular flexibility index (Phi) is 2.07. The molecule has 1 aliphatic heterocycles. The Balaban J connectivity index is 2.28. The first kappa shape index (κ1) is 9.50. The summed E-state index contributed by atoms with van der Waals surface area (Å²) < 4.78 is 4.72. The summed E-state index contributed by atoms with van der Waals surface area (Å²) in [7, 11) is 0. The summed E-state index contributed by atoms with van der Waals surface area (Å²) in [6.45, 7) is 1.61. The van der Waals surface area contributed by atoms with Crippen LogP contribution in [-0.4, -0.2) is 39.5 Å². The Hall–Kier alpha value is -2.05. The number of aromatic nitrogens is 2. The zero-order valence-electron chi connectivity index (χ0n) is 7.88. The van der Waals surface area contributed by atoms with Crippen LogP contribution >= 0.6 is 0 Å². The number of hydrogen-bond donors (Lipinski definition) is 2. The minimum atomic E-state index is -1.15. The zero-order valence-corrected chi connectivity index (χ0v) is 7.88. The quantitative estimate of drug-likeness (QED) is 0.728. The van der Waals surface area contributed by atoms with Crippen molar-refractivity contribution in [2.24, 2.45) is 0 Å². The molecule has 0 aliphatic carbocycles. The Bertz CT molecular complexity index is 389. The summed E-state index contributed by atoms with van der Waals surface area (Å²) in [4.78, 5) is 23.4. The third-order valence-corrected chi connectivity index (χ3v) is 2.28. The molecule has 2 N–H and O–H groups in total. The molecule has 0 spiro atoms. The summed E-state index contributed by atoms with van der Waals surface area (Å²) in [5.74, 6) is -1.15. The summed E-state index contributed by atoms with van der Waals surface area (Å²) >= 11 is 0. The molecule has 7 heteroatoms. The fourth-order valence-corrected chi connectivity index (χ4v) is 1.54. The van der Waals surface area contributed by atoms with Crippen molar-refractivity contribution in [3.63, 3.8) is 0 Å². The molecular weight excluding hydrogens is 202 g/mol. The molecule has 0 aromatic carbocycles. The van der Waals surface area contributed by atoms with Gasteiger partial charge >= 0.3 is 12.1 Å². The minimum absolute atomic E-state index is 0.497. The molecule has 1 amide bonds. The number of aliphatic carboxylic acids is 1. The number of carbonyl (C=O) groups excluding carboxylic acids is 1. The van der Waals surface area contributed by atoms with Crippen LogP contribution in [-0.2, 0) is 9.53 Å². The smallest absolute Gasteiger partial charge is 0.415 e. The lowest BCUT2D eigenvalue weighted by Crippen LogP contribution is -2.37. The van der Waals surface area contributed by atoms with Gasteiger partial charge in [-0.3, -0.25) is 10.00 Å². The van der Waals surface area contributed by atoms with Crippen molar-refractivity contribution in [1.82, 2.24) is 10.2 Å². The molecule has 0 bridgehead atoms. The van der Waals surface area contributed by atoms with Gasteiger partial charge in [-0.25, -0.2) is 9.59 Å². The average Bonchev–Trinajstić information content (AvgIpc) is 2.73. The summed E-state index contributed by atoms with van der Waals surface area (Å²) in [5, 5.41) is 15.0. The molecule has 1 saturated heterocycles. The number of rotatable bonds is 2. The number of anilines is 1. The first-order chi connectivity index (χ1) is 7.11. The van der Waals surface area contributed by atoms with Crippen LogP contribution in [0.25, 0.3) is 0 Å². The van der Waals surface area contributed by atoms with Gasteiger partial charge in [0.2, 0.25) is 6.10 Å². The van der Waals surface area contributed by atoms with Gasteiger partial charge in [0.05, 0.1) is 17.9 Å². The number of carboxylic acid groups (broad SMARTS) is 1. The Morgan fingerprint density at radius 3 is 2.93 bits per heavy atom. The third-order valence-electron chi connectivity index (χ3n) is 2.28. The van der Waals surface area contributed by atoms with Crippen molar-refractivity contribution >= 4 is 17.7 Å². The van der Waals surface area contributed by atoms with Crippen LogP contribution in [0.4, 0.5) is 10.5 Å². The maximum Gasteiger partial charge on any atom is 0.415 e. The molecule has 2 unspecified atom stereocenters. The van der Waals surface area contributed by atoms with Gasteiger partial charge in [-0.1, -0.05) is 0 Å². The van der Waals surface area contributed by atoms with Crippen LogP contribution in [0, 0.1) is 0 Å². The van der Waals surface area contributed by atoms with Crippen LogP contribution < -0.4 is 4.90 Å². The fourth-order valence-electron chi connectivity index (χ4n) is 1.54. The number of carboxylic acids is 1. The van der Waals surface area contributed by atoms with Crippen LogP contribution in [0.2, 0.25) is 0 Å². The number of H-pyrrole nitrogens is 1. The van der Waals surface area contributed by atoms with E-state index < -0.39 is 24.2 Å². The normalized spacial score (nSPS) is 25.4. The van der Waals surface area contributed by atoms with Crippen LogP contribution in [0.1, 0.15) is 6.92 Å². The number of aromatic amines is 1. The molecule has 1 fully saturated rings. The Morgan fingerprint density at radius 1 is 1.73 bits per heavy atom. The lowest BCUT2D eigenvalue weighted by atomic mass is 10.2. The molecule has 1 aliphatic rings. The van der Waals surface area contributed by atoms with E-state index in [2.05, 4.69) is 10.2 Å². The summed E-state index contributed by atoms with van der Waals surface area (Å²) in [6.07, 6.45) is 1.13. The van der Waals surface area contributed by atoms with Gasteiger partial charge in [0.25, 0.3) is 0 Å². The zero-order chi connectivity index (χ0) is 11.0. The van der Waals surface area contributed by atoms with E-state index in [1.54, 1.807) is 6.92 Å². The van der Waals surface area contributed by atoms with Gasteiger partial charge in [0.1, 0.15) is 0 Å². The molecule has 2 rings (SSSR count). The number of ether oxygens (including phenoxy) is 1. The Labute approximate surface area is 84.6 Å². The van der Waals surface area contributed by atoms with Crippen molar-refractivity contribution in [2.45, 2.75) is 19.1 Å². The van der Waals surface area contributed by atoms with E-state index in [1.165, 1.54) is 17.3 Å². The number of amides is 1. The van der Waals surface area contributed by atoms with E-state index in [1.807, 2.05) is 0 Å². The molecule has 80 valence electrons. The third kappa shape index (κ3) is 1.41. The van der Waals surface area contributed by atoms with Crippen molar-refractivity contribution in [2.75, 3.05) is 4.90 Å². The van der Waals surface area contributed by atoms with Crippen molar-refractivity contribution < 1.29 is 19.4 Å². The van der Waals surface area contributed by atoms with Crippen molar-refractivity contribution in [1.29, 1.82) is 0 Å². The highest BCUT2D eigenvalue weighted by Gasteiger charge is 2.44. The highest BCUT2D eigenvalue weighted by molar-refractivity contribution is 5.94. The van der Waals surface area contributed by atoms with Crippen molar-refractivity contribution in [3.8, 4) is 0 Å². The number of carbonyl (C=O) groups is 2. The minimum Gasteiger partial charge on any atom is -0.478 e. The molecule has 1 aromatic heterocycles. The molecular formula is C8H9N3O4. The predicted molar refractivity (Wildman–Crippen MR) is 48.4 cm³/mol. The maximum atomic E-state index is 11.4. The molecule has 2 atom stereocenters. The van der Waals surface area contributed by atoms with E-state index in [9.17, 15) is 9.59 Å². The largest absolute Gasteiger partial charge is 0.478 e. The predicted octanol–water partition coefficient (Wildman–Crippen LogP) is 0.208. The van der Waals surface area contributed by atoms with Crippen LogP contribution in [0.5, 0.6) is 0 Å². The second kappa shape index (κ2) is 3.26. The average molecular weight is 211 g/mol. The molecule has 1 aromatic rings. The monoisotopic (exact) mass is 211 g/mol. The molecule has 0 radical (unpaired) electrons. The fraction of sp³-hybridized carbons (Fsp3) is 0.375. The van der Waals surface area contributed by atoms with Gasteiger partial charge in [0.15, 0.2) is 0 Å². The van der Waals surface area contributed by atoms with Gasteiger partial charge < -0.3 is 9.84 Å². The van der Waals surface area contributed by atoms with E-state index in [0.29, 0.717) is 5.69 Å². The van der Waals surface area contributed by atoms with Gasteiger partial charge in [-0.2, -0.15) is 5.10 Å². The highest BCUT2D eigenvalue weighted by atomic mass is 16.6. The van der Waals surface area contributed by atoms with Gasteiger partial charge in [-0.05, 0) is 6.92 Å². The molecule has 0 saturated carbocycles. The summed E-state index contributed by atoms with van der Waals surface area (Å²) in [5.41, 5.74) is 0.497. The lowest BCUT2D eigenvalue weighted by molar-refractivity contribution is -0.145. The first-order valence-corrected chi connectivity index (χ1v) is 4.32. The van der Waals surface area contributed by atoms with E-state index in [0.717, 1.165) is 0 Å². The molecule has 2 heterocycles. The maximum absolute atomic E-state index is 11.4. The number of nitrogens with zero attached hydrogens (tertiary/aromatic N) is 2. The van der Waals surface area contributed by atoms with E-state index in [-0.39, 0.29) is 0 Å². The van der Waals surface area contributed by atoms with Gasteiger partial charge in [-0.15, -0.1) is 0 Å². The lowest BCUT2D eigenvalue weighted by Gasteiger charge is -2.16. The first-order valence-electron chi connectivity index (χ1n) is 4.32. The van der Waals surface area contributed by atoms with Gasteiger partial charge in [0, 0.05) is 6.20 Å². The molecule has 15 heavy (non-hydrogen) atoms. The topological polar surface area (TPSA) is 95.5 Å². The SMILES string of the molecule is CC1C(C(=O)O)OC(=O)N1c1cn[nH]c1. The molecule has 7 nitrogen and oxygen atoms in total. The summed E-state index contributed by atoms with van der Waals surface area (Å²) in [6, 6.07) is -0.549. The second-order valence-corrected chi connectivity index (χ2v) is 3.21. The number of hydrogen-bond acceptors (Lipinski definition) is 4. The standard InChI is InChI=1S/C8H9N3O4/c1-4-6(7(12)13)15-8(14)11(4)5-2-9-10-3-5/h2-4,6H,1H3,(H,9,10)(H,12,13). The van der Waals surface area contributed by atoms with E-state index in [4.69, 9.17) is 9.84 Å². The van der Waals surface area contributed by atoms with E-state index >= 15 is 0 Å². The van der Waals surface area contributed by atoms with Crippen LogP contribution in [0.15, 0.2) is 12.4 Å².